The molecule has 0 aliphatic rings. The number of pyridine rings is 1. The van der Waals surface area contributed by atoms with E-state index in [-0.39, 0.29) is 12.3 Å². The minimum atomic E-state index is -0.364. The molecule has 0 radical (unpaired) electrons. The van der Waals surface area contributed by atoms with Gasteiger partial charge >= 0.3 is 0 Å². The number of rotatable bonds is 2. The number of fused-ring (bicyclic) bond motifs is 3. The largest absolute Gasteiger partial charge is 0.369 e. The number of aromatic nitrogens is 2. The fraction of sp³-hybridized carbons (Fsp3) is 0.0769. The third-order valence-electron chi connectivity index (χ3n) is 2.80. The number of benzene rings is 1. The summed E-state index contributed by atoms with van der Waals surface area (Å²) in [7, 11) is 0. The van der Waals surface area contributed by atoms with Crippen LogP contribution in [-0.2, 0) is 11.2 Å². The highest BCUT2D eigenvalue weighted by atomic mass is 16.1. The van der Waals surface area contributed by atoms with Crippen molar-refractivity contribution in [2.24, 2.45) is 5.73 Å². The number of amides is 1. The summed E-state index contributed by atoms with van der Waals surface area (Å²) in [6, 6.07) is 9.95. The molecule has 3 aromatic rings. The molecule has 1 amide bonds. The van der Waals surface area contributed by atoms with Gasteiger partial charge in [-0.15, -0.1) is 0 Å². The van der Waals surface area contributed by atoms with Gasteiger partial charge in [0.05, 0.1) is 23.8 Å². The maximum absolute atomic E-state index is 10.9. The van der Waals surface area contributed by atoms with Crippen LogP contribution in [0.1, 0.15) is 5.69 Å². The second-order valence-electron chi connectivity index (χ2n) is 4.03. The van der Waals surface area contributed by atoms with E-state index >= 15 is 0 Å². The lowest BCUT2D eigenvalue weighted by atomic mass is 10.1. The molecule has 0 saturated heterocycles. The first-order valence-electron chi connectivity index (χ1n) is 5.38. The molecule has 0 bridgehead atoms. The van der Waals surface area contributed by atoms with Crippen LogP contribution in [-0.4, -0.2) is 15.9 Å². The summed E-state index contributed by atoms with van der Waals surface area (Å²) < 4.78 is 0. The van der Waals surface area contributed by atoms with Crippen LogP contribution in [0.3, 0.4) is 0 Å². The van der Waals surface area contributed by atoms with Crippen molar-refractivity contribution >= 4 is 27.7 Å². The number of carbonyl (C=O) groups excluding carboxylic acids is 1. The number of hydrogen-bond donors (Lipinski definition) is 2. The first kappa shape index (κ1) is 9.84. The molecule has 0 atom stereocenters. The predicted octanol–water partition coefficient (Wildman–Crippen LogP) is 1.74. The average molecular weight is 225 g/mol. The number of para-hydroxylation sites is 1. The molecule has 2 aromatic heterocycles. The van der Waals surface area contributed by atoms with Crippen molar-refractivity contribution in [3.63, 3.8) is 0 Å². The number of hydrogen-bond acceptors (Lipinski definition) is 2. The Hall–Kier alpha value is -2.36. The van der Waals surface area contributed by atoms with Crippen molar-refractivity contribution in [2.45, 2.75) is 6.42 Å². The monoisotopic (exact) mass is 225 g/mol. The molecule has 0 unspecified atom stereocenters. The average Bonchev–Trinajstić information content (AvgIpc) is 2.66. The summed E-state index contributed by atoms with van der Waals surface area (Å²) in [6.45, 7) is 0. The fourth-order valence-electron chi connectivity index (χ4n) is 2.07. The van der Waals surface area contributed by atoms with Gasteiger partial charge < -0.3 is 10.7 Å². The number of nitrogens with two attached hydrogens (primary N) is 1. The Bertz CT molecular complexity index is 715. The van der Waals surface area contributed by atoms with Crippen LogP contribution in [0.15, 0.2) is 36.5 Å². The summed E-state index contributed by atoms with van der Waals surface area (Å²) in [6.07, 6.45) is 1.92. The molecule has 17 heavy (non-hydrogen) atoms. The van der Waals surface area contributed by atoms with Crippen molar-refractivity contribution in [3.8, 4) is 0 Å². The molecule has 0 aliphatic heterocycles. The summed E-state index contributed by atoms with van der Waals surface area (Å²) >= 11 is 0. The lowest BCUT2D eigenvalue weighted by Crippen LogP contribution is -2.14. The van der Waals surface area contributed by atoms with Crippen LogP contribution in [0.4, 0.5) is 0 Å². The lowest BCUT2D eigenvalue weighted by molar-refractivity contribution is -0.117. The van der Waals surface area contributed by atoms with E-state index < -0.39 is 0 Å². The van der Waals surface area contributed by atoms with E-state index in [0.717, 1.165) is 21.8 Å². The highest BCUT2D eigenvalue weighted by molar-refractivity contribution is 6.07. The van der Waals surface area contributed by atoms with Gasteiger partial charge in [-0.1, -0.05) is 18.2 Å². The zero-order chi connectivity index (χ0) is 11.8. The van der Waals surface area contributed by atoms with Crippen molar-refractivity contribution in [2.75, 3.05) is 0 Å². The number of carbonyl (C=O) groups is 1. The maximum Gasteiger partial charge on any atom is 0.223 e. The van der Waals surface area contributed by atoms with Gasteiger partial charge in [0.25, 0.3) is 0 Å². The van der Waals surface area contributed by atoms with E-state index in [0.29, 0.717) is 5.69 Å². The van der Waals surface area contributed by atoms with Gasteiger partial charge in [-0.3, -0.25) is 9.78 Å². The minimum Gasteiger partial charge on any atom is -0.369 e. The fourth-order valence-corrected chi connectivity index (χ4v) is 2.07. The first-order chi connectivity index (χ1) is 8.24. The van der Waals surface area contributed by atoms with Gasteiger partial charge in [-0.25, -0.2) is 0 Å². The summed E-state index contributed by atoms with van der Waals surface area (Å²) in [5.74, 6) is -0.364. The lowest BCUT2D eigenvalue weighted by Gasteiger charge is -1.97. The quantitative estimate of drug-likeness (QED) is 0.697. The summed E-state index contributed by atoms with van der Waals surface area (Å²) in [5.41, 5.74) is 7.91. The smallest absolute Gasteiger partial charge is 0.223 e. The second-order valence-corrected chi connectivity index (χ2v) is 4.03. The number of nitrogens with one attached hydrogen (secondary N) is 1. The Morgan fingerprint density at radius 3 is 2.88 bits per heavy atom. The standard InChI is InChI=1S/C13H11N3O/c14-13(17)6-8-5-10-9-3-1-2-4-11(9)16-12(10)7-15-8/h1-5,7,16H,6H2,(H2,14,17). The molecular weight excluding hydrogens is 214 g/mol. The van der Waals surface area contributed by atoms with Crippen molar-refractivity contribution < 1.29 is 4.79 Å². The number of aromatic amines is 1. The van der Waals surface area contributed by atoms with E-state index in [4.69, 9.17) is 5.73 Å². The van der Waals surface area contributed by atoms with E-state index in [1.165, 1.54) is 0 Å². The molecule has 3 rings (SSSR count). The number of H-pyrrole nitrogens is 1. The third kappa shape index (κ3) is 1.63. The van der Waals surface area contributed by atoms with Crippen LogP contribution in [0, 0.1) is 0 Å². The van der Waals surface area contributed by atoms with E-state index in [1.54, 1.807) is 6.20 Å². The zero-order valence-electron chi connectivity index (χ0n) is 9.10. The topological polar surface area (TPSA) is 71.8 Å². The predicted molar refractivity (Wildman–Crippen MR) is 66.5 cm³/mol. The maximum atomic E-state index is 10.9. The number of primary amides is 1. The molecule has 2 heterocycles. The Labute approximate surface area is 97.5 Å². The Morgan fingerprint density at radius 1 is 1.24 bits per heavy atom. The molecule has 0 fully saturated rings. The zero-order valence-corrected chi connectivity index (χ0v) is 9.10. The van der Waals surface area contributed by atoms with Gasteiger partial charge in [0.15, 0.2) is 0 Å². The SMILES string of the molecule is NC(=O)Cc1cc2c(cn1)[nH]c1ccccc12. The van der Waals surface area contributed by atoms with Crippen molar-refractivity contribution in [3.05, 3.63) is 42.2 Å². The van der Waals surface area contributed by atoms with Crippen molar-refractivity contribution in [1.82, 2.24) is 9.97 Å². The third-order valence-corrected chi connectivity index (χ3v) is 2.80. The highest BCUT2D eigenvalue weighted by Gasteiger charge is 2.06. The van der Waals surface area contributed by atoms with Gasteiger partial charge in [0, 0.05) is 16.3 Å². The van der Waals surface area contributed by atoms with Crippen LogP contribution >= 0.6 is 0 Å². The van der Waals surface area contributed by atoms with Gasteiger partial charge in [-0.2, -0.15) is 0 Å². The molecule has 4 nitrogen and oxygen atoms in total. The molecule has 3 N–H and O–H groups in total. The van der Waals surface area contributed by atoms with E-state index in [2.05, 4.69) is 9.97 Å². The van der Waals surface area contributed by atoms with Gasteiger partial charge in [-0.05, 0) is 12.1 Å². The van der Waals surface area contributed by atoms with Crippen LogP contribution in [0.5, 0.6) is 0 Å². The molecular formula is C13H11N3O. The van der Waals surface area contributed by atoms with Crippen LogP contribution < -0.4 is 5.73 Å². The molecule has 4 heteroatoms. The molecule has 0 saturated carbocycles. The molecule has 1 aromatic carbocycles. The van der Waals surface area contributed by atoms with Crippen molar-refractivity contribution in [1.29, 1.82) is 0 Å². The molecule has 84 valence electrons. The van der Waals surface area contributed by atoms with Gasteiger partial charge in [0.2, 0.25) is 5.91 Å². The summed E-state index contributed by atoms with van der Waals surface area (Å²) in [5, 5.41) is 2.21. The minimum absolute atomic E-state index is 0.176. The van der Waals surface area contributed by atoms with E-state index in [9.17, 15) is 4.79 Å². The normalized spacial score (nSPS) is 11.1. The van der Waals surface area contributed by atoms with E-state index in [1.807, 2.05) is 30.3 Å². The summed E-state index contributed by atoms with van der Waals surface area (Å²) in [4.78, 5) is 18.4. The van der Waals surface area contributed by atoms with Crippen LogP contribution in [0.25, 0.3) is 21.8 Å². The van der Waals surface area contributed by atoms with Crippen LogP contribution in [0.2, 0.25) is 0 Å². The Balaban J connectivity index is 2.26. The first-order valence-corrected chi connectivity index (χ1v) is 5.38. The Morgan fingerprint density at radius 2 is 2.06 bits per heavy atom. The van der Waals surface area contributed by atoms with Gasteiger partial charge in [0.1, 0.15) is 0 Å². The Kier molecular flexibility index (Phi) is 2.08. The highest BCUT2D eigenvalue weighted by Crippen LogP contribution is 2.24. The molecule has 0 aliphatic carbocycles. The second kappa shape index (κ2) is 3.59. The molecule has 0 spiro atoms. The number of nitrogens with zero attached hydrogens (tertiary/aromatic N) is 1.